The standard InChI is InChI=1S/C13H25NO/c1-10(12-5-3-2-4-6-12)14-9-11-7-13(15)8-11/h10-15H,2-9H2,1H3. The molecule has 0 heterocycles. The lowest BCUT2D eigenvalue weighted by Gasteiger charge is -2.34. The number of rotatable bonds is 4. The lowest BCUT2D eigenvalue weighted by molar-refractivity contribution is 0.0408. The van der Waals surface area contributed by atoms with Crippen molar-refractivity contribution in [2.24, 2.45) is 11.8 Å². The van der Waals surface area contributed by atoms with E-state index in [1.165, 1.54) is 32.1 Å². The van der Waals surface area contributed by atoms with Gasteiger partial charge in [-0.2, -0.15) is 0 Å². The molecule has 0 bridgehead atoms. The van der Waals surface area contributed by atoms with Gasteiger partial charge in [0, 0.05) is 6.04 Å². The van der Waals surface area contributed by atoms with Crippen molar-refractivity contribution >= 4 is 0 Å². The maximum absolute atomic E-state index is 9.20. The molecular formula is C13H25NO. The van der Waals surface area contributed by atoms with Gasteiger partial charge in [-0.15, -0.1) is 0 Å². The quantitative estimate of drug-likeness (QED) is 0.748. The molecule has 2 rings (SSSR count). The lowest BCUT2D eigenvalue weighted by Crippen LogP contribution is -2.42. The van der Waals surface area contributed by atoms with Crippen molar-refractivity contribution in [3.8, 4) is 0 Å². The zero-order chi connectivity index (χ0) is 10.7. The first kappa shape index (κ1) is 11.4. The van der Waals surface area contributed by atoms with Crippen molar-refractivity contribution in [1.82, 2.24) is 5.32 Å². The molecule has 0 aromatic heterocycles. The molecule has 2 saturated carbocycles. The highest BCUT2D eigenvalue weighted by molar-refractivity contribution is 4.83. The van der Waals surface area contributed by atoms with Gasteiger partial charge in [0.15, 0.2) is 0 Å². The topological polar surface area (TPSA) is 32.3 Å². The van der Waals surface area contributed by atoms with Gasteiger partial charge in [-0.05, 0) is 51.0 Å². The zero-order valence-electron chi connectivity index (χ0n) is 9.91. The SMILES string of the molecule is CC(NCC1CC(O)C1)C1CCCCC1. The van der Waals surface area contributed by atoms with Gasteiger partial charge in [-0.1, -0.05) is 19.3 Å². The van der Waals surface area contributed by atoms with E-state index in [4.69, 9.17) is 0 Å². The van der Waals surface area contributed by atoms with E-state index in [9.17, 15) is 5.11 Å². The van der Waals surface area contributed by atoms with Crippen molar-refractivity contribution < 1.29 is 5.11 Å². The van der Waals surface area contributed by atoms with Crippen molar-refractivity contribution in [2.45, 2.75) is 64.0 Å². The summed E-state index contributed by atoms with van der Waals surface area (Å²) < 4.78 is 0. The Bertz CT molecular complexity index is 183. The van der Waals surface area contributed by atoms with Gasteiger partial charge < -0.3 is 10.4 Å². The summed E-state index contributed by atoms with van der Waals surface area (Å²) in [5.74, 6) is 1.65. The van der Waals surface area contributed by atoms with Crippen LogP contribution < -0.4 is 5.32 Å². The largest absolute Gasteiger partial charge is 0.393 e. The van der Waals surface area contributed by atoms with Gasteiger partial charge in [0.05, 0.1) is 6.10 Å². The second kappa shape index (κ2) is 5.31. The Kier molecular flexibility index (Phi) is 4.04. The fraction of sp³-hybridized carbons (Fsp3) is 1.00. The van der Waals surface area contributed by atoms with Gasteiger partial charge in [0.2, 0.25) is 0 Å². The molecule has 1 unspecified atom stereocenters. The van der Waals surface area contributed by atoms with E-state index in [1.807, 2.05) is 0 Å². The monoisotopic (exact) mass is 211 g/mol. The van der Waals surface area contributed by atoms with Gasteiger partial charge in [0.1, 0.15) is 0 Å². The first-order valence-corrected chi connectivity index (χ1v) is 6.67. The van der Waals surface area contributed by atoms with Crippen LogP contribution in [0.2, 0.25) is 0 Å². The molecule has 0 aromatic carbocycles. The summed E-state index contributed by atoms with van der Waals surface area (Å²) in [6.07, 6.45) is 9.18. The molecule has 2 N–H and O–H groups in total. The maximum atomic E-state index is 9.20. The van der Waals surface area contributed by atoms with E-state index >= 15 is 0 Å². The Morgan fingerprint density at radius 3 is 2.47 bits per heavy atom. The Morgan fingerprint density at radius 2 is 1.87 bits per heavy atom. The van der Waals surface area contributed by atoms with Crippen LogP contribution in [-0.4, -0.2) is 23.8 Å². The first-order chi connectivity index (χ1) is 7.25. The van der Waals surface area contributed by atoms with Gasteiger partial charge in [-0.25, -0.2) is 0 Å². The summed E-state index contributed by atoms with van der Waals surface area (Å²) >= 11 is 0. The predicted molar refractivity (Wildman–Crippen MR) is 62.8 cm³/mol. The van der Waals surface area contributed by atoms with E-state index in [1.54, 1.807) is 0 Å². The Balaban J connectivity index is 1.61. The van der Waals surface area contributed by atoms with Crippen molar-refractivity contribution in [3.63, 3.8) is 0 Å². The third kappa shape index (κ3) is 3.18. The minimum atomic E-state index is 0.00165. The van der Waals surface area contributed by atoms with Crippen LogP contribution in [0.25, 0.3) is 0 Å². The first-order valence-electron chi connectivity index (χ1n) is 6.67. The van der Waals surface area contributed by atoms with Crippen LogP contribution in [0.4, 0.5) is 0 Å². The number of hydrogen-bond donors (Lipinski definition) is 2. The molecule has 0 amide bonds. The van der Waals surface area contributed by atoms with Crippen LogP contribution in [0.5, 0.6) is 0 Å². The van der Waals surface area contributed by atoms with E-state index in [-0.39, 0.29) is 6.10 Å². The average Bonchev–Trinajstić information content (AvgIpc) is 2.23. The zero-order valence-corrected chi connectivity index (χ0v) is 9.91. The average molecular weight is 211 g/mol. The summed E-state index contributed by atoms with van der Waals surface area (Å²) in [4.78, 5) is 0. The number of nitrogens with one attached hydrogen (secondary N) is 1. The third-order valence-corrected chi connectivity index (χ3v) is 4.30. The summed E-state index contributed by atoms with van der Waals surface area (Å²) in [5.41, 5.74) is 0. The summed E-state index contributed by atoms with van der Waals surface area (Å²) in [6, 6.07) is 0.683. The van der Waals surface area contributed by atoms with Crippen LogP contribution >= 0.6 is 0 Å². The molecular weight excluding hydrogens is 186 g/mol. The molecule has 15 heavy (non-hydrogen) atoms. The molecule has 0 saturated heterocycles. The summed E-state index contributed by atoms with van der Waals surface area (Å²) in [7, 11) is 0. The van der Waals surface area contributed by atoms with Crippen molar-refractivity contribution in [3.05, 3.63) is 0 Å². The predicted octanol–water partition coefficient (Wildman–Crippen LogP) is 2.32. The van der Waals surface area contributed by atoms with E-state index < -0.39 is 0 Å². The Hall–Kier alpha value is -0.0800. The Labute approximate surface area is 93.5 Å². The lowest BCUT2D eigenvalue weighted by atomic mass is 9.81. The van der Waals surface area contributed by atoms with E-state index in [2.05, 4.69) is 12.2 Å². The van der Waals surface area contributed by atoms with E-state index in [0.717, 1.165) is 31.2 Å². The minimum Gasteiger partial charge on any atom is -0.393 e. The molecule has 0 spiro atoms. The highest BCUT2D eigenvalue weighted by Gasteiger charge is 2.28. The van der Waals surface area contributed by atoms with Crippen LogP contribution in [0.15, 0.2) is 0 Å². The molecule has 88 valence electrons. The third-order valence-electron chi connectivity index (χ3n) is 4.30. The number of aliphatic hydroxyl groups is 1. The van der Waals surface area contributed by atoms with E-state index in [0.29, 0.717) is 6.04 Å². The van der Waals surface area contributed by atoms with Crippen LogP contribution in [0, 0.1) is 11.8 Å². The smallest absolute Gasteiger partial charge is 0.0546 e. The molecule has 2 nitrogen and oxygen atoms in total. The van der Waals surface area contributed by atoms with Gasteiger partial charge in [-0.3, -0.25) is 0 Å². The van der Waals surface area contributed by atoms with Crippen LogP contribution in [-0.2, 0) is 0 Å². The molecule has 2 aliphatic rings. The van der Waals surface area contributed by atoms with Crippen molar-refractivity contribution in [2.75, 3.05) is 6.54 Å². The second-order valence-corrected chi connectivity index (χ2v) is 5.59. The molecule has 0 radical (unpaired) electrons. The summed E-state index contributed by atoms with van der Waals surface area (Å²) in [6.45, 7) is 3.46. The van der Waals surface area contributed by atoms with Gasteiger partial charge >= 0.3 is 0 Å². The van der Waals surface area contributed by atoms with Crippen LogP contribution in [0.3, 0.4) is 0 Å². The van der Waals surface area contributed by atoms with Crippen molar-refractivity contribution in [1.29, 1.82) is 0 Å². The fourth-order valence-corrected chi connectivity index (χ4v) is 3.02. The Morgan fingerprint density at radius 1 is 1.20 bits per heavy atom. The second-order valence-electron chi connectivity index (χ2n) is 5.59. The number of hydrogen-bond acceptors (Lipinski definition) is 2. The highest BCUT2D eigenvalue weighted by Crippen LogP contribution is 2.28. The fourth-order valence-electron chi connectivity index (χ4n) is 3.02. The summed E-state index contributed by atoms with van der Waals surface area (Å²) in [5, 5.41) is 12.9. The molecule has 2 aliphatic carbocycles. The molecule has 0 aromatic rings. The molecule has 2 fully saturated rings. The van der Waals surface area contributed by atoms with Gasteiger partial charge in [0.25, 0.3) is 0 Å². The molecule has 2 heteroatoms. The molecule has 1 atom stereocenters. The normalized spacial score (nSPS) is 34.8. The molecule has 0 aliphatic heterocycles. The minimum absolute atomic E-state index is 0.00165. The van der Waals surface area contributed by atoms with Crippen LogP contribution in [0.1, 0.15) is 51.9 Å². The number of aliphatic hydroxyl groups excluding tert-OH is 1. The maximum Gasteiger partial charge on any atom is 0.0546 e. The highest BCUT2D eigenvalue weighted by atomic mass is 16.3.